The van der Waals surface area contributed by atoms with E-state index in [1.54, 1.807) is 19.2 Å². The first kappa shape index (κ1) is 21.1. The van der Waals surface area contributed by atoms with E-state index in [1.807, 2.05) is 30.3 Å². The quantitative estimate of drug-likeness (QED) is 0.639. The molecule has 0 aromatic heterocycles. The number of amides is 1. The van der Waals surface area contributed by atoms with Gasteiger partial charge in [0.05, 0.1) is 7.11 Å². The molecule has 0 fully saturated rings. The summed E-state index contributed by atoms with van der Waals surface area (Å²) in [6.07, 6.45) is 1.31. The van der Waals surface area contributed by atoms with Gasteiger partial charge in [-0.05, 0) is 48.2 Å². The lowest BCUT2D eigenvalue weighted by molar-refractivity contribution is -0.148. The number of hydrogen-bond acceptors (Lipinski definition) is 4. The Bertz CT molecular complexity index is 778. The Morgan fingerprint density at radius 2 is 1.78 bits per heavy atom. The number of hydrogen-bond donors (Lipinski definition) is 1. The molecule has 0 spiro atoms. The van der Waals surface area contributed by atoms with Crippen LogP contribution in [0.1, 0.15) is 17.5 Å². The third-order valence-electron chi connectivity index (χ3n) is 3.87. The third-order valence-corrected chi connectivity index (χ3v) is 4.46. The van der Waals surface area contributed by atoms with E-state index >= 15 is 0 Å². The van der Waals surface area contributed by atoms with Crippen LogP contribution < -0.4 is 10.1 Å². The number of benzene rings is 2. The highest BCUT2D eigenvalue weighted by Gasteiger charge is 2.08. The molecular formula is C20H21Cl2NO4. The zero-order valence-corrected chi connectivity index (χ0v) is 16.5. The van der Waals surface area contributed by atoms with Gasteiger partial charge in [-0.1, -0.05) is 41.4 Å². The highest BCUT2D eigenvalue weighted by Crippen LogP contribution is 2.21. The summed E-state index contributed by atoms with van der Waals surface area (Å²) in [4.78, 5) is 23.5. The lowest BCUT2D eigenvalue weighted by Gasteiger charge is -2.08. The number of carbonyl (C=O) groups is 2. The van der Waals surface area contributed by atoms with E-state index < -0.39 is 5.97 Å². The van der Waals surface area contributed by atoms with Crippen molar-refractivity contribution in [3.63, 3.8) is 0 Å². The minimum absolute atomic E-state index is 0.208. The number of methoxy groups -OCH3 is 1. The van der Waals surface area contributed by atoms with Crippen molar-refractivity contribution < 1.29 is 19.1 Å². The summed E-state index contributed by atoms with van der Waals surface area (Å²) in [5, 5.41) is 3.81. The first-order valence-electron chi connectivity index (χ1n) is 8.47. The van der Waals surface area contributed by atoms with Crippen LogP contribution in [0.15, 0.2) is 42.5 Å². The molecule has 0 aliphatic heterocycles. The molecule has 144 valence electrons. The maximum Gasteiger partial charge on any atom is 0.306 e. The van der Waals surface area contributed by atoms with Crippen LogP contribution in [-0.2, 0) is 27.2 Å². The van der Waals surface area contributed by atoms with Crippen molar-refractivity contribution >= 4 is 35.1 Å². The average molecular weight is 410 g/mol. The van der Waals surface area contributed by atoms with Crippen molar-refractivity contribution in [3.05, 3.63) is 63.6 Å². The van der Waals surface area contributed by atoms with Crippen molar-refractivity contribution in [3.8, 4) is 5.75 Å². The van der Waals surface area contributed by atoms with Crippen LogP contribution in [0.5, 0.6) is 5.75 Å². The molecule has 0 aliphatic rings. The first-order chi connectivity index (χ1) is 13.0. The SMILES string of the molecule is COc1ccc(CCC(=O)OCC(=O)NCCc2ccc(Cl)cc2Cl)cc1. The van der Waals surface area contributed by atoms with Crippen molar-refractivity contribution in [2.45, 2.75) is 19.3 Å². The van der Waals surface area contributed by atoms with Crippen LogP contribution in [0, 0.1) is 0 Å². The molecule has 2 aromatic carbocycles. The minimum atomic E-state index is -0.415. The molecule has 0 heterocycles. The standard InChI is InChI=1S/C20H21Cl2NO4/c1-26-17-7-2-14(3-8-17)4-9-20(25)27-13-19(24)23-11-10-15-5-6-16(21)12-18(15)22/h2-3,5-8,12H,4,9-11,13H2,1H3,(H,23,24). The molecule has 2 rings (SSSR count). The van der Waals surface area contributed by atoms with Crippen LogP contribution in [0.2, 0.25) is 10.0 Å². The molecule has 0 atom stereocenters. The van der Waals surface area contributed by atoms with Gasteiger partial charge in [0.25, 0.3) is 5.91 Å². The van der Waals surface area contributed by atoms with Gasteiger partial charge >= 0.3 is 5.97 Å². The van der Waals surface area contributed by atoms with Crippen molar-refractivity contribution in [2.24, 2.45) is 0 Å². The Labute approximate surface area is 168 Å². The Morgan fingerprint density at radius 3 is 2.44 bits per heavy atom. The molecule has 7 heteroatoms. The molecule has 1 N–H and O–H groups in total. The number of rotatable bonds is 9. The van der Waals surface area contributed by atoms with E-state index in [1.165, 1.54) is 0 Å². The number of halogens is 2. The number of ether oxygens (including phenoxy) is 2. The highest BCUT2D eigenvalue weighted by molar-refractivity contribution is 6.35. The van der Waals surface area contributed by atoms with E-state index in [2.05, 4.69) is 5.32 Å². The lowest BCUT2D eigenvalue weighted by atomic mass is 10.1. The second kappa shape index (κ2) is 10.8. The molecule has 0 saturated heterocycles. The van der Waals surface area contributed by atoms with E-state index in [-0.39, 0.29) is 18.9 Å². The Kier molecular flexibility index (Phi) is 8.43. The van der Waals surface area contributed by atoms with Gasteiger partial charge in [0.1, 0.15) is 5.75 Å². The molecular weight excluding hydrogens is 389 g/mol. The summed E-state index contributed by atoms with van der Waals surface area (Å²) in [5.74, 6) is -0.00233. The van der Waals surface area contributed by atoms with E-state index in [0.29, 0.717) is 29.4 Å². The summed E-state index contributed by atoms with van der Waals surface area (Å²) in [7, 11) is 1.60. The lowest BCUT2D eigenvalue weighted by Crippen LogP contribution is -2.30. The molecule has 0 bridgehead atoms. The van der Waals surface area contributed by atoms with Gasteiger partial charge in [0, 0.05) is 23.0 Å². The summed E-state index contributed by atoms with van der Waals surface area (Å²) in [6, 6.07) is 12.7. The Morgan fingerprint density at radius 1 is 1.04 bits per heavy atom. The topological polar surface area (TPSA) is 64.6 Å². The maximum atomic E-state index is 11.8. The molecule has 0 saturated carbocycles. The van der Waals surface area contributed by atoms with Gasteiger partial charge in [-0.15, -0.1) is 0 Å². The largest absolute Gasteiger partial charge is 0.497 e. The maximum absolute atomic E-state index is 11.8. The van der Waals surface area contributed by atoms with Gasteiger partial charge in [0.15, 0.2) is 6.61 Å². The van der Waals surface area contributed by atoms with Crippen molar-refractivity contribution in [1.82, 2.24) is 5.32 Å². The fourth-order valence-electron chi connectivity index (χ4n) is 2.37. The van der Waals surface area contributed by atoms with E-state index in [4.69, 9.17) is 32.7 Å². The van der Waals surface area contributed by atoms with Crippen molar-refractivity contribution in [2.75, 3.05) is 20.3 Å². The van der Waals surface area contributed by atoms with Gasteiger partial charge in [0.2, 0.25) is 0 Å². The monoisotopic (exact) mass is 409 g/mol. The molecule has 0 radical (unpaired) electrons. The molecule has 0 aliphatic carbocycles. The third kappa shape index (κ3) is 7.49. The summed E-state index contributed by atoms with van der Waals surface area (Å²) >= 11 is 11.9. The summed E-state index contributed by atoms with van der Waals surface area (Å²) in [6.45, 7) is 0.0966. The zero-order chi connectivity index (χ0) is 19.6. The van der Waals surface area contributed by atoms with Gasteiger partial charge < -0.3 is 14.8 Å². The highest BCUT2D eigenvalue weighted by atomic mass is 35.5. The molecule has 1 amide bonds. The Hall–Kier alpha value is -2.24. The van der Waals surface area contributed by atoms with Crippen molar-refractivity contribution in [1.29, 1.82) is 0 Å². The number of esters is 1. The zero-order valence-electron chi connectivity index (χ0n) is 15.0. The van der Waals surface area contributed by atoms with Crippen LogP contribution in [0.4, 0.5) is 0 Å². The molecule has 5 nitrogen and oxygen atoms in total. The normalized spacial score (nSPS) is 10.3. The predicted octanol–water partition coefficient (Wildman–Crippen LogP) is 3.84. The second-order valence-corrected chi connectivity index (χ2v) is 6.69. The molecule has 27 heavy (non-hydrogen) atoms. The van der Waals surface area contributed by atoms with Crippen LogP contribution >= 0.6 is 23.2 Å². The van der Waals surface area contributed by atoms with Gasteiger partial charge in [-0.2, -0.15) is 0 Å². The van der Waals surface area contributed by atoms with Crippen LogP contribution in [0.3, 0.4) is 0 Å². The molecule has 0 unspecified atom stereocenters. The molecule has 2 aromatic rings. The first-order valence-corrected chi connectivity index (χ1v) is 9.22. The number of carbonyl (C=O) groups excluding carboxylic acids is 2. The van der Waals surface area contributed by atoms with E-state index in [9.17, 15) is 9.59 Å². The van der Waals surface area contributed by atoms with E-state index in [0.717, 1.165) is 16.9 Å². The Balaban J connectivity index is 1.63. The fraction of sp³-hybridized carbons (Fsp3) is 0.300. The summed E-state index contributed by atoms with van der Waals surface area (Å²) in [5.41, 5.74) is 1.88. The number of nitrogens with one attached hydrogen (secondary N) is 1. The van der Waals surface area contributed by atoms with Crippen LogP contribution in [0.25, 0.3) is 0 Å². The minimum Gasteiger partial charge on any atom is -0.497 e. The van der Waals surface area contributed by atoms with Gasteiger partial charge in [-0.3, -0.25) is 9.59 Å². The second-order valence-electron chi connectivity index (χ2n) is 5.84. The summed E-state index contributed by atoms with van der Waals surface area (Å²) < 4.78 is 10.1. The van der Waals surface area contributed by atoms with Gasteiger partial charge in [-0.25, -0.2) is 0 Å². The fourth-order valence-corrected chi connectivity index (χ4v) is 2.87. The predicted molar refractivity (Wildman–Crippen MR) is 105 cm³/mol. The number of aryl methyl sites for hydroxylation is 1. The average Bonchev–Trinajstić information content (AvgIpc) is 2.67. The van der Waals surface area contributed by atoms with Crippen LogP contribution in [-0.4, -0.2) is 32.1 Å². The smallest absolute Gasteiger partial charge is 0.306 e.